The minimum absolute atomic E-state index is 0.0113. The molecule has 1 aliphatic heterocycles. The minimum Gasteiger partial charge on any atom is -0.466 e. The summed E-state index contributed by atoms with van der Waals surface area (Å²) in [5.41, 5.74) is 1.57. The minimum atomic E-state index is -0.284. The third-order valence-electron chi connectivity index (χ3n) is 5.26. The Bertz CT molecular complexity index is 856. The lowest BCUT2D eigenvalue weighted by molar-refractivity contribution is -0.132. The van der Waals surface area contributed by atoms with Crippen LogP contribution in [-0.4, -0.2) is 54.3 Å². The fourth-order valence-electron chi connectivity index (χ4n) is 3.59. The highest BCUT2D eigenvalue weighted by atomic mass is 35.5. The van der Waals surface area contributed by atoms with Gasteiger partial charge in [-0.3, -0.25) is 14.5 Å². The van der Waals surface area contributed by atoms with Crippen LogP contribution in [0.25, 0.3) is 0 Å². The number of amides is 2. The molecular weight excluding hydrogens is 378 g/mol. The summed E-state index contributed by atoms with van der Waals surface area (Å²) < 4.78 is 5.37. The largest absolute Gasteiger partial charge is 0.466 e. The van der Waals surface area contributed by atoms with Crippen LogP contribution in [-0.2, 0) is 4.79 Å². The molecule has 1 fully saturated rings. The number of benzene rings is 1. The van der Waals surface area contributed by atoms with E-state index in [0.717, 1.165) is 23.7 Å². The van der Waals surface area contributed by atoms with E-state index in [1.54, 1.807) is 24.8 Å². The zero-order valence-electron chi connectivity index (χ0n) is 16.5. The first kappa shape index (κ1) is 20.4. The number of rotatable bonds is 5. The van der Waals surface area contributed by atoms with E-state index in [9.17, 15) is 9.59 Å². The zero-order chi connectivity index (χ0) is 20.3. The van der Waals surface area contributed by atoms with Gasteiger partial charge in [0.05, 0.1) is 12.1 Å². The second-order valence-corrected chi connectivity index (χ2v) is 7.53. The van der Waals surface area contributed by atoms with Gasteiger partial charge in [-0.15, -0.1) is 0 Å². The standard InChI is InChI=1S/C21H26ClN3O3/c1-14-12-18(16(3)28-14)21(27)23-13-20(26)25-10-8-24(9-11-25)15(2)17-6-4-5-7-19(17)22/h4-7,12,15H,8-11,13H2,1-3H3,(H,23,27). The summed E-state index contributed by atoms with van der Waals surface area (Å²) in [5.74, 6) is 0.882. The van der Waals surface area contributed by atoms with Crippen LogP contribution in [0.5, 0.6) is 0 Å². The van der Waals surface area contributed by atoms with Crippen molar-refractivity contribution in [1.82, 2.24) is 15.1 Å². The molecule has 7 heteroatoms. The summed E-state index contributed by atoms with van der Waals surface area (Å²) in [6.45, 7) is 8.46. The predicted octanol–water partition coefficient (Wildman–Crippen LogP) is 3.19. The molecule has 2 heterocycles. The monoisotopic (exact) mass is 403 g/mol. The van der Waals surface area contributed by atoms with E-state index in [1.807, 2.05) is 24.3 Å². The lowest BCUT2D eigenvalue weighted by atomic mass is 10.1. The number of carbonyl (C=O) groups excluding carboxylic acids is 2. The van der Waals surface area contributed by atoms with Gasteiger partial charge in [0.25, 0.3) is 5.91 Å². The van der Waals surface area contributed by atoms with Crippen LogP contribution in [0.1, 0.15) is 40.4 Å². The molecule has 1 aromatic carbocycles. The summed E-state index contributed by atoms with van der Waals surface area (Å²) in [6, 6.07) is 9.74. The molecule has 6 nitrogen and oxygen atoms in total. The first-order chi connectivity index (χ1) is 13.4. The second kappa shape index (κ2) is 8.80. The van der Waals surface area contributed by atoms with E-state index < -0.39 is 0 Å². The molecule has 1 aliphatic rings. The van der Waals surface area contributed by atoms with Gasteiger partial charge >= 0.3 is 0 Å². The van der Waals surface area contributed by atoms with E-state index >= 15 is 0 Å². The molecule has 0 bridgehead atoms. The van der Waals surface area contributed by atoms with Gasteiger partial charge in [-0.05, 0) is 38.5 Å². The molecule has 150 valence electrons. The Labute approximate surface area is 170 Å². The molecule has 28 heavy (non-hydrogen) atoms. The van der Waals surface area contributed by atoms with Gasteiger partial charge in [0.1, 0.15) is 11.5 Å². The molecule has 0 spiro atoms. The lowest BCUT2D eigenvalue weighted by Crippen LogP contribution is -2.51. The van der Waals surface area contributed by atoms with Crippen LogP contribution in [0.15, 0.2) is 34.7 Å². The Morgan fingerprint density at radius 1 is 1.18 bits per heavy atom. The highest BCUT2D eigenvalue weighted by molar-refractivity contribution is 6.31. The number of aryl methyl sites for hydroxylation is 2. The van der Waals surface area contributed by atoms with Crippen LogP contribution < -0.4 is 5.32 Å². The molecule has 1 aromatic heterocycles. The summed E-state index contributed by atoms with van der Waals surface area (Å²) in [5, 5.41) is 3.46. The number of hydrogen-bond acceptors (Lipinski definition) is 4. The summed E-state index contributed by atoms with van der Waals surface area (Å²) in [6.07, 6.45) is 0. The van der Waals surface area contributed by atoms with Crippen molar-refractivity contribution < 1.29 is 14.0 Å². The van der Waals surface area contributed by atoms with Gasteiger partial charge in [-0.25, -0.2) is 0 Å². The zero-order valence-corrected chi connectivity index (χ0v) is 17.3. The normalized spacial score (nSPS) is 16.1. The molecule has 2 aromatic rings. The Kier molecular flexibility index (Phi) is 6.42. The van der Waals surface area contributed by atoms with Gasteiger partial charge < -0.3 is 14.6 Å². The van der Waals surface area contributed by atoms with Crippen LogP contribution in [0.2, 0.25) is 5.02 Å². The van der Waals surface area contributed by atoms with Gasteiger partial charge in [-0.1, -0.05) is 29.8 Å². The van der Waals surface area contributed by atoms with E-state index in [-0.39, 0.29) is 24.4 Å². The molecule has 3 rings (SSSR count). The maximum absolute atomic E-state index is 12.5. The highest BCUT2D eigenvalue weighted by Gasteiger charge is 2.26. The smallest absolute Gasteiger partial charge is 0.255 e. The first-order valence-corrected chi connectivity index (χ1v) is 9.86. The van der Waals surface area contributed by atoms with Gasteiger partial charge in [0.15, 0.2) is 0 Å². The molecule has 0 radical (unpaired) electrons. The molecule has 1 unspecified atom stereocenters. The Balaban J connectivity index is 1.49. The third kappa shape index (κ3) is 4.56. The molecule has 1 saturated heterocycles. The number of hydrogen-bond donors (Lipinski definition) is 1. The number of halogens is 1. The van der Waals surface area contributed by atoms with Crippen molar-refractivity contribution in [2.24, 2.45) is 0 Å². The second-order valence-electron chi connectivity index (χ2n) is 7.12. The molecule has 0 saturated carbocycles. The number of piperazine rings is 1. The number of nitrogens with zero attached hydrogens (tertiary/aromatic N) is 2. The number of nitrogens with one attached hydrogen (secondary N) is 1. The fraction of sp³-hybridized carbons (Fsp3) is 0.429. The van der Waals surface area contributed by atoms with Crippen LogP contribution in [0.3, 0.4) is 0 Å². The SMILES string of the molecule is Cc1cc(C(=O)NCC(=O)N2CCN(C(C)c3ccccc3Cl)CC2)c(C)o1. The van der Waals surface area contributed by atoms with Crippen molar-refractivity contribution in [3.05, 3.63) is 58.0 Å². The van der Waals surface area contributed by atoms with Gasteiger partial charge in [-0.2, -0.15) is 0 Å². The Morgan fingerprint density at radius 2 is 1.86 bits per heavy atom. The van der Waals surface area contributed by atoms with Crippen molar-refractivity contribution >= 4 is 23.4 Å². The van der Waals surface area contributed by atoms with E-state index in [4.69, 9.17) is 16.0 Å². The van der Waals surface area contributed by atoms with Crippen molar-refractivity contribution in [3.63, 3.8) is 0 Å². The highest BCUT2D eigenvalue weighted by Crippen LogP contribution is 2.27. The van der Waals surface area contributed by atoms with Crippen molar-refractivity contribution in [1.29, 1.82) is 0 Å². The van der Waals surface area contributed by atoms with Crippen molar-refractivity contribution in [2.45, 2.75) is 26.8 Å². The quantitative estimate of drug-likeness (QED) is 0.832. The van der Waals surface area contributed by atoms with E-state index in [2.05, 4.69) is 17.1 Å². The average molecular weight is 404 g/mol. The van der Waals surface area contributed by atoms with Crippen LogP contribution in [0, 0.1) is 13.8 Å². The maximum Gasteiger partial charge on any atom is 0.255 e. The molecule has 0 aliphatic carbocycles. The van der Waals surface area contributed by atoms with Crippen LogP contribution in [0.4, 0.5) is 0 Å². The fourth-order valence-corrected chi connectivity index (χ4v) is 3.88. The molecule has 1 atom stereocenters. The first-order valence-electron chi connectivity index (χ1n) is 9.48. The Morgan fingerprint density at radius 3 is 2.46 bits per heavy atom. The molecule has 2 amide bonds. The van der Waals surface area contributed by atoms with E-state index in [0.29, 0.717) is 30.2 Å². The maximum atomic E-state index is 12.5. The van der Waals surface area contributed by atoms with E-state index in [1.165, 1.54) is 0 Å². The number of carbonyl (C=O) groups is 2. The summed E-state index contributed by atoms with van der Waals surface area (Å²) in [7, 11) is 0. The third-order valence-corrected chi connectivity index (χ3v) is 5.60. The van der Waals surface area contributed by atoms with Gasteiger partial charge in [0.2, 0.25) is 5.91 Å². The summed E-state index contributed by atoms with van der Waals surface area (Å²) >= 11 is 6.31. The molecular formula is C21H26ClN3O3. The van der Waals surface area contributed by atoms with Crippen molar-refractivity contribution in [3.8, 4) is 0 Å². The van der Waals surface area contributed by atoms with Gasteiger partial charge in [0, 0.05) is 37.2 Å². The summed E-state index contributed by atoms with van der Waals surface area (Å²) in [4.78, 5) is 28.8. The van der Waals surface area contributed by atoms with Crippen molar-refractivity contribution in [2.75, 3.05) is 32.7 Å². The lowest BCUT2D eigenvalue weighted by Gasteiger charge is -2.38. The van der Waals surface area contributed by atoms with Crippen LogP contribution >= 0.6 is 11.6 Å². The molecule has 1 N–H and O–H groups in total. The predicted molar refractivity (Wildman–Crippen MR) is 109 cm³/mol. The number of furan rings is 1. The Hall–Kier alpha value is -2.31. The average Bonchev–Trinajstić information content (AvgIpc) is 3.04. The topological polar surface area (TPSA) is 65.8 Å².